The van der Waals surface area contributed by atoms with Crippen molar-refractivity contribution < 1.29 is 22.6 Å². The highest BCUT2D eigenvalue weighted by atomic mass is 32.2. The Morgan fingerprint density at radius 1 is 0.927 bits per heavy atom. The van der Waals surface area contributed by atoms with Crippen molar-refractivity contribution in [2.24, 2.45) is 0 Å². The van der Waals surface area contributed by atoms with Gasteiger partial charge < -0.3 is 18.6 Å². The number of rotatable bonds is 11. The van der Waals surface area contributed by atoms with E-state index in [9.17, 15) is 8.42 Å². The summed E-state index contributed by atoms with van der Waals surface area (Å²) in [5, 5.41) is 7.50. The minimum atomic E-state index is -4.13. The third kappa shape index (κ3) is 5.58. The fourth-order valence-corrected chi connectivity index (χ4v) is 5.59. The smallest absolute Gasteiger partial charge is 0.243 e. The molecule has 2 atom stereocenters. The lowest BCUT2D eigenvalue weighted by molar-refractivity contribution is 0.00444. The van der Waals surface area contributed by atoms with E-state index in [1.807, 2.05) is 42.6 Å². The van der Waals surface area contributed by atoms with E-state index in [4.69, 9.17) is 14.2 Å². The van der Waals surface area contributed by atoms with Crippen LogP contribution < -0.4 is 14.2 Å². The van der Waals surface area contributed by atoms with Gasteiger partial charge in [-0.25, -0.2) is 13.4 Å². The predicted molar refractivity (Wildman–Crippen MR) is 154 cm³/mol. The average Bonchev–Trinajstić information content (AvgIpc) is 3.59. The van der Waals surface area contributed by atoms with Crippen molar-refractivity contribution in [1.29, 1.82) is 0 Å². The Balaban J connectivity index is 1.60. The first kappa shape index (κ1) is 28.1. The molecular formula is C28H31N7O5S. The number of anilines is 1. The molecule has 41 heavy (non-hydrogen) atoms. The van der Waals surface area contributed by atoms with Crippen LogP contribution in [0.1, 0.15) is 32.6 Å². The minimum absolute atomic E-state index is 0.0585. The first-order chi connectivity index (χ1) is 19.7. The normalized spacial score (nSPS) is 13.3. The molecule has 13 heteroatoms. The lowest BCUT2D eigenvalue weighted by atomic mass is 10.2. The van der Waals surface area contributed by atoms with Crippen molar-refractivity contribution in [1.82, 2.24) is 29.1 Å². The van der Waals surface area contributed by atoms with Crippen molar-refractivity contribution in [3.63, 3.8) is 0 Å². The maximum atomic E-state index is 14.0. The topological polar surface area (TPSA) is 135 Å². The molecule has 0 spiro atoms. The summed E-state index contributed by atoms with van der Waals surface area (Å²) in [6, 6.07) is 14.4. The number of para-hydroxylation sites is 1. The van der Waals surface area contributed by atoms with Crippen molar-refractivity contribution >= 4 is 21.6 Å². The second-order valence-corrected chi connectivity index (χ2v) is 11.6. The Labute approximate surface area is 238 Å². The molecular weight excluding hydrogens is 546 g/mol. The molecule has 4 aromatic heterocycles. The van der Waals surface area contributed by atoms with Gasteiger partial charge in [0.1, 0.15) is 34.2 Å². The molecule has 0 bridgehead atoms. The molecule has 0 radical (unpaired) electrons. The average molecular weight is 578 g/mol. The van der Waals surface area contributed by atoms with E-state index in [-0.39, 0.29) is 12.1 Å². The van der Waals surface area contributed by atoms with Gasteiger partial charge in [0.05, 0.1) is 26.0 Å². The third-order valence-corrected chi connectivity index (χ3v) is 8.14. The molecule has 0 aliphatic carbocycles. The summed E-state index contributed by atoms with van der Waals surface area (Å²) >= 11 is 0. The molecule has 12 nitrogen and oxygen atoms in total. The van der Waals surface area contributed by atoms with Gasteiger partial charge in [-0.1, -0.05) is 12.1 Å². The molecule has 0 unspecified atom stereocenters. The van der Waals surface area contributed by atoms with E-state index in [0.717, 1.165) is 0 Å². The van der Waals surface area contributed by atoms with E-state index in [0.29, 0.717) is 39.9 Å². The van der Waals surface area contributed by atoms with Crippen molar-refractivity contribution in [2.75, 3.05) is 18.9 Å². The lowest BCUT2D eigenvalue weighted by Crippen LogP contribution is -2.34. The van der Waals surface area contributed by atoms with Crippen molar-refractivity contribution in [3.8, 4) is 28.6 Å². The number of nitrogens with zero attached hydrogens (tertiary/aromatic N) is 6. The number of hydrogen-bond acceptors (Lipinski definition) is 9. The minimum Gasteiger partial charge on any atom is -0.494 e. The second kappa shape index (κ2) is 11.6. The van der Waals surface area contributed by atoms with Crippen molar-refractivity contribution in [2.45, 2.75) is 38.2 Å². The number of benzene rings is 1. The highest BCUT2D eigenvalue weighted by Crippen LogP contribution is 2.38. The summed E-state index contributed by atoms with van der Waals surface area (Å²) in [6.45, 7) is 5.27. The van der Waals surface area contributed by atoms with Crippen LogP contribution in [0, 0.1) is 0 Å². The maximum Gasteiger partial charge on any atom is 0.243 e. The zero-order valence-corrected chi connectivity index (χ0v) is 24.1. The summed E-state index contributed by atoms with van der Waals surface area (Å²) in [6.07, 6.45) is 5.73. The number of hydrogen-bond donors (Lipinski definition) is 1. The highest BCUT2D eigenvalue weighted by Gasteiger charge is 2.36. The fraction of sp³-hybridized carbons (Fsp3) is 0.286. The van der Waals surface area contributed by atoms with Crippen LogP contribution in [0.15, 0.2) is 73.3 Å². The first-order valence-electron chi connectivity index (χ1n) is 12.9. The molecule has 5 rings (SSSR count). The van der Waals surface area contributed by atoms with Crippen LogP contribution in [0.2, 0.25) is 0 Å². The Hall–Kier alpha value is -4.49. The van der Waals surface area contributed by atoms with E-state index >= 15 is 0 Å². The van der Waals surface area contributed by atoms with Crippen LogP contribution in [-0.2, 0) is 14.8 Å². The monoisotopic (exact) mass is 577 g/mol. The summed E-state index contributed by atoms with van der Waals surface area (Å²) in [4.78, 5) is 8.82. The zero-order valence-electron chi connectivity index (χ0n) is 23.3. The number of fused-ring (bicyclic) bond motifs is 1. The van der Waals surface area contributed by atoms with Gasteiger partial charge >= 0.3 is 0 Å². The number of sulfonamides is 1. The zero-order chi connectivity index (χ0) is 29.1. The number of pyridine rings is 2. The predicted octanol–water partition coefficient (Wildman–Crippen LogP) is 4.29. The lowest BCUT2D eigenvalue weighted by Gasteiger charge is -2.25. The van der Waals surface area contributed by atoms with E-state index < -0.39 is 21.4 Å². The second-order valence-electron chi connectivity index (χ2n) is 9.52. The van der Waals surface area contributed by atoms with Gasteiger partial charge in [-0.2, -0.15) is 0 Å². The van der Waals surface area contributed by atoms with Crippen LogP contribution >= 0.6 is 0 Å². The van der Waals surface area contributed by atoms with Gasteiger partial charge in [0.2, 0.25) is 16.0 Å². The standard InChI is InChI=1S/C28H31N7O5S/c1-18(2)40-26(21-17-34-15-7-6-13-24(34)30-21)19(3)41(36,37)33-28-32-31-27(20-10-9-14-29-16-20)35(28)25-22(38-4)11-8-12-23(25)39-5/h6-19,26H,1-5H3,(H,32,33)/t19-,26+/m0/s1. The fourth-order valence-electron chi connectivity index (χ4n) is 4.48. The van der Waals surface area contributed by atoms with Crippen LogP contribution in [-0.4, -0.2) is 63.1 Å². The number of imidazole rings is 1. The molecule has 0 aliphatic rings. The van der Waals surface area contributed by atoms with Gasteiger partial charge in [0.25, 0.3) is 0 Å². The molecule has 0 amide bonds. The number of ether oxygens (including phenoxy) is 3. The number of nitrogens with one attached hydrogen (secondary N) is 1. The maximum absolute atomic E-state index is 14.0. The molecule has 4 heterocycles. The molecule has 1 aromatic carbocycles. The van der Waals surface area contributed by atoms with Crippen LogP contribution in [0.4, 0.5) is 5.95 Å². The van der Waals surface area contributed by atoms with E-state index in [2.05, 4.69) is 24.9 Å². The third-order valence-electron chi connectivity index (χ3n) is 6.45. The van der Waals surface area contributed by atoms with E-state index in [1.165, 1.54) is 14.2 Å². The largest absolute Gasteiger partial charge is 0.494 e. The Kier molecular flexibility index (Phi) is 7.90. The molecule has 0 saturated carbocycles. The van der Waals surface area contributed by atoms with Gasteiger partial charge in [-0.05, 0) is 57.2 Å². The summed E-state index contributed by atoms with van der Waals surface area (Å²) < 4.78 is 51.3. The van der Waals surface area contributed by atoms with Crippen LogP contribution in [0.3, 0.4) is 0 Å². The molecule has 0 saturated heterocycles. The van der Waals surface area contributed by atoms with E-state index in [1.54, 1.807) is 60.4 Å². The molecule has 1 N–H and O–H groups in total. The van der Waals surface area contributed by atoms with Gasteiger partial charge in [0, 0.05) is 30.4 Å². The Morgan fingerprint density at radius 3 is 2.32 bits per heavy atom. The summed E-state index contributed by atoms with van der Waals surface area (Å²) in [5.74, 6) is 1.13. The van der Waals surface area contributed by atoms with Crippen LogP contribution in [0.5, 0.6) is 11.5 Å². The number of methoxy groups -OCH3 is 2. The molecule has 0 aliphatic heterocycles. The van der Waals surface area contributed by atoms with Gasteiger partial charge in [-0.15, -0.1) is 10.2 Å². The molecule has 5 aromatic rings. The first-order valence-corrected chi connectivity index (χ1v) is 14.5. The van der Waals surface area contributed by atoms with Crippen LogP contribution in [0.25, 0.3) is 22.7 Å². The van der Waals surface area contributed by atoms with Gasteiger partial charge in [0.15, 0.2) is 5.82 Å². The number of aromatic nitrogens is 6. The van der Waals surface area contributed by atoms with Gasteiger partial charge in [-0.3, -0.25) is 14.3 Å². The summed E-state index contributed by atoms with van der Waals surface area (Å²) in [7, 11) is -1.10. The molecule has 0 fully saturated rings. The summed E-state index contributed by atoms with van der Waals surface area (Å²) in [5.41, 5.74) is 2.20. The van der Waals surface area contributed by atoms with Crippen molar-refractivity contribution in [3.05, 3.63) is 79.0 Å². The Morgan fingerprint density at radius 2 is 1.68 bits per heavy atom. The quantitative estimate of drug-likeness (QED) is 0.244. The Bertz CT molecular complexity index is 1700. The highest BCUT2D eigenvalue weighted by molar-refractivity contribution is 7.93. The SMILES string of the molecule is COc1cccc(OC)c1-n1c(NS(=O)(=O)[C@@H](C)[C@@H](OC(C)C)c2cn3ccccc3n2)nnc1-c1cccnc1. The molecule has 214 valence electrons.